The fourth-order valence-electron chi connectivity index (χ4n) is 0.992. The van der Waals surface area contributed by atoms with Crippen LogP contribution in [0.4, 0.5) is 0 Å². The SMILES string of the molecule is Cc1nncc(C(C)(C)C)c1Cl. The second-order valence-electron chi connectivity index (χ2n) is 3.91. The van der Waals surface area contributed by atoms with Crippen molar-refractivity contribution in [2.45, 2.75) is 33.1 Å². The standard InChI is InChI=1S/C9H13ClN2/c1-6-8(10)7(5-11-12-6)9(2,3)4/h5H,1-4H3. The molecule has 1 rings (SSSR count). The zero-order valence-corrected chi connectivity index (χ0v) is 8.61. The monoisotopic (exact) mass is 184 g/mol. The summed E-state index contributed by atoms with van der Waals surface area (Å²) in [6.07, 6.45) is 1.73. The lowest BCUT2D eigenvalue weighted by molar-refractivity contribution is 0.583. The molecule has 1 heterocycles. The highest BCUT2D eigenvalue weighted by atomic mass is 35.5. The summed E-state index contributed by atoms with van der Waals surface area (Å²) < 4.78 is 0. The van der Waals surface area contributed by atoms with Gasteiger partial charge in [-0.2, -0.15) is 10.2 Å². The molecule has 0 fully saturated rings. The summed E-state index contributed by atoms with van der Waals surface area (Å²) in [5, 5.41) is 8.48. The highest BCUT2D eigenvalue weighted by Crippen LogP contribution is 2.29. The molecule has 1 aromatic rings. The minimum atomic E-state index is 0.0395. The van der Waals surface area contributed by atoms with Crippen LogP contribution in [-0.4, -0.2) is 10.2 Å². The van der Waals surface area contributed by atoms with Gasteiger partial charge in [0.05, 0.1) is 16.9 Å². The van der Waals surface area contributed by atoms with Crippen molar-refractivity contribution in [3.63, 3.8) is 0 Å². The van der Waals surface area contributed by atoms with E-state index in [4.69, 9.17) is 11.6 Å². The van der Waals surface area contributed by atoms with Crippen LogP contribution >= 0.6 is 11.6 Å². The van der Waals surface area contributed by atoms with Crippen LogP contribution < -0.4 is 0 Å². The maximum Gasteiger partial charge on any atom is 0.0789 e. The van der Waals surface area contributed by atoms with E-state index < -0.39 is 0 Å². The van der Waals surface area contributed by atoms with Gasteiger partial charge in [-0.25, -0.2) is 0 Å². The van der Waals surface area contributed by atoms with Gasteiger partial charge < -0.3 is 0 Å². The first-order valence-electron chi connectivity index (χ1n) is 3.91. The summed E-state index contributed by atoms with van der Waals surface area (Å²) in [5.41, 5.74) is 1.89. The third kappa shape index (κ3) is 1.75. The Hall–Kier alpha value is -0.630. The van der Waals surface area contributed by atoms with E-state index >= 15 is 0 Å². The molecule has 1 aromatic heterocycles. The van der Waals surface area contributed by atoms with Gasteiger partial charge in [-0.1, -0.05) is 32.4 Å². The number of halogens is 1. The quantitative estimate of drug-likeness (QED) is 0.620. The summed E-state index contributed by atoms with van der Waals surface area (Å²) in [6.45, 7) is 8.19. The van der Waals surface area contributed by atoms with Gasteiger partial charge >= 0.3 is 0 Å². The zero-order chi connectivity index (χ0) is 9.35. The lowest BCUT2D eigenvalue weighted by Gasteiger charge is -2.19. The van der Waals surface area contributed by atoms with E-state index in [9.17, 15) is 0 Å². The number of aryl methyl sites for hydroxylation is 1. The Morgan fingerprint density at radius 3 is 2.33 bits per heavy atom. The van der Waals surface area contributed by atoms with Crippen LogP contribution in [0.25, 0.3) is 0 Å². The van der Waals surface area contributed by atoms with Crippen LogP contribution in [0.1, 0.15) is 32.0 Å². The van der Waals surface area contributed by atoms with Crippen molar-refractivity contribution < 1.29 is 0 Å². The molecule has 0 spiro atoms. The third-order valence-electron chi connectivity index (χ3n) is 1.76. The molecule has 0 aliphatic heterocycles. The van der Waals surface area contributed by atoms with Gasteiger partial charge in [-0.05, 0) is 17.9 Å². The topological polar surface area (TPSA) is 25.8 Å². The Labute approximate surface area is 78.0 Å². The van der Waals surface area contributed by atoms with E-state index in [-0.39, 0.29) is 5.41 Å². The van der Waals surface area contributed by atoms with Gasteiger partial charge in [-0.15, -0.1) is 0 Å². The maximum atomic E-state index is 6.08. The van der Waals surface area contributed by atoms with Gasteiger partial charge in [0.15, 0.2) is 0 Å². The van der Waals surface area contributed by atoms with E-state index in [0.717, 1.165) is 16.3 Å². The highest BCUT2D eigenvalue weighted by Gasteiger charge is 2.18. The predicted molar refractivity (Wildman–Crippen MR) is 50.5 cm³/mol. The van der Waals surface area contributed by atoms with Crippen molar-refractivity contribution in [1.82, 2.24) is 10.2 Å². The molecule has 0 unspecified atom stereocenters. The lowest BCUT2D eigenvalue weighted by atomic mass is 9.88. The average molecular weight is 185 g/mol. The smallest absolute Gasteiger partial charge is 0.0789 e. The molecule has 12 heavy (non-hydrogen) atoms. The van der Waals surface area contributed by atoms with E-state index in [2.05, 4.69) is 31.0 Å². The second-order valence-corrected chi connectivity index (χ2v) is 4.29. The minimum absolute atomic E-state index is 0.0395. The largest absolute Gasteiger partial charge is 0.158 e. The first-order valence-corrected chi connectivity index (χ1v) is 4.29. The summed E-state index contributed by atoms with van der Waals surface area (Å²) in [6, 6.07) is 0. The molecule has 0 atom stereocenters. The summed E-state index contributed by atoms with van der Waals surface area (Å²) in [7, 11) is 0. The Kier molecular flexibility index (Phi) is 2.38. The molecule has 0 saturated heterocycles. The molecule has 0 N–H and O–H groups in total. The first kappa shape index (κ1) is 9.46. The molecule has 0 amide bonds. The van der Waals surface area contributed by atoms with Gasteiger partial charge in [-0.3, -0.25) is 0 Å². The minimum Gasteiger partial charge on any atom is -0.158 e. The lowest BCUT2D eigenvalue weighted by Crippen LogP contribution is -2.13. The van der Waals surface area contributed by atoms with Crippen molar-refractivity contribution in [1.29, 1.82) is 0 Å². The summed E-state index contributed by atoms with van der Waals surface area (Å²) >= 11 is 6.08. The van der Waals surface area contributed by atoms with E-state index in [1.165, 1.54) is 0 Å². The fourth-order valence-corrected chi connectivity index (χ4v) is 1.36. The van der Waals surface area contributed by atoms with Crippen molar-refractivity contribution >= 4 is 11.6 Å². The Morgan fingerprint density at radius 1 is 1.33 bits per heavy atom. The molecule has 0 radical (unpaired) electrons. The van der Waals surface area contributed by atoms with Crippen LogP contribution in [0, 0.1) is 6.92 Å². The number of hydrogen-bond acceptors (Lipinski definition) is 2. The number of aromatic nitrogens is 2. The molecule has 0 aromatic carbocycles. The molecular weight excluding hydrogens is 172 g/mol. The second kappa shape index (κ2) is 3.02. The molecular formula is C9H13ClN2. The Bertz CT molecular complexity index is 289. The Balaban J connectivity index is 3.26. The highest BCUT2D eigenvalue weighted by molar-refractivity contribution is 6.32. The van der Waals surface area contributed by atoms with Crippen molar-refractivity contribution in [2.75, 3.05) is 0 Å². The van der Waals surface area contributed by atoms with Crippen molar-refractivity contribution in [3.05, 3.63) is 22.5 Å². The van der Waals surface area contributed by atoms with E-state index in [1.807, 2.05) is 6.92 Å². The molecule has 2 nitrogen and oxygen atoms in total. The summed E-state index contributed by atoms with van der Waals surface area (Å²) in [4.78, 5) is 0. The van der Waals surface area contributed by atoms with Gasteiger partial charge in [0, 0.05) is 0 Å². The molecule has 3 heteroatoms. The predicted octanol–water partition coefficient (Wildman–Crippen LogP) is 2.74. The molecule has 0 bridgehead atoms. The first-order chi connectivity index (χ1) is 5.43. The summed E-state index contributed by atoms with van der Waals surface area (Å²) in [5.74, 6) is 0. The molecule has 66 valence electrons. The normalized spacial score (nSPS) is 11.8. The maximum absolute atomic E-state index is 6.08. The van der Waals surface area contributed by atoms with Crippen molar-refractivity contribution in [3.8, 4) is 0 Å². The van der Waals surface area contributed by atoms with Crippen LogP contribution in [0.3, 0.4) is 0 Å². The van der Waals surface area contributed by atoms with Crippen LogP contribution in [0.2, 0.25) is 5.02 Å². The van der Waals surface area contributed by atoms with Crippen LogP contribution in [-0.2, 0) is 5.41 Å². The zero-order valence-electron chi connectivity index (χ0n) is 7.85. The van der Waals surface area contributed by atoms with Crippen LogP contribution in [0.15, 0.2) is 6.20 Å². The molecule has 0 aliphatic carbocycles. The molecule has 0 aliphatic rings. The fraction of sp³-hybridized carbons (Fsp3) is 0.556. The molecule has 0 saturated carbocycles. The number of rotatable bonds is 0. The number of nitrogens with zero attached hydrogens (tertiary/aromatic N) is 2. The van der Waals surface area contributed by atoms with E-state index in [1.54, 1.807) is 6.20 Å². The third-order valence-corrected chi connectivity index (χ3v) is 2.23. The Morgan fingerprint density at radius 2 is 1.92 bits per heavy atom. The van der Waals surface area contributed by atoms with Gasteiger partial charge in [0.1, 0.15) is 0 Å². The number of hydrogen-bond donors (Lipinski definition) is 0. The van der Waals surface area contributed by atoms with Crippen LogP contribution in [0.5, 0.6) is 0 Å². The van der Waals surface area contributed by atoms with Crippen molar-refractivity contribution in [2.24, 2.45) is 0 Å². The van der Waals surface area contributed by atoms with E-state index in [0.29, 0.717) is 0 Å². The average Bonchev–Trinajstić information content (AvgIpc) is 1.92. The van der Waals surface area contributed by atoms with Gasteiger partial charge in [0.25, 0.3) is 0 Å². The van der Waals surface area contributed by atoms with Gasteiger partial charge in [0.2, 0.25) is 0 Å².